The van der Waals surface area contributed by atoms with Crippen LogP contribution in [0.5, 0.6) is 11.5 Å². The fraction of sp³-hybridized carbons (Fsp3) is 0.238. The number of esters is 1. The van der Waals surface area contributed by atoms with Crippen LogP contribution in [0.2, 0.25) is 0 Å². The number of carbonyl (C=O) groups excluding carboxylic acids is 1. The second kappa shape index (κ2) is 8.39. The van der Waals surface area contributed by atoms with Gasteiger partial charge in [0.25, 0.3) is 0 Å². The Bertz CT molecular complexity index is 904. The first-order chi connectivity index (χ1) is 13.0. The van der Waals surface area contributed by atoms with E-state index in [1.165, 1.54) is 0 Å². The van der Waals surface area contributed by atoms with Gasteiger partial charge in [0.1, 0.15) is 0 Å². The van der Waals surface area contributed by atoms with Crippen LogP contribution in [-0.4, -0.2) is 24.6 Å². The van der Waals surface area contributed by atoms with Crippen LogP contribution in [0.4, 0.5) is 0 Å². The molecule has 0 saturated carbocycles. The van der Waals surface area contributed by atoms with E-state index in [1.807, 2.05) is 63.2 Å². The summed E-state index contributed by atoms with van der Waals surface area (Å²) in [5.41, 5.74) is 1.75. The molecule has 1 aliphatic rings. The fourth-order valence-corrected chi connectivity index (χ4v) is 3.11. The van der Waals surface area contributed by atoms with Crippen molar-refractivity contribution in [2.75, 3.05) is 6.61 Å². The van der Waals surface area contributed by atoms with E-state index < -0.39 is 5.97 Å². The molecule has 27 heavy (non-hydrogen) atoms. The molecule has 1 aliphatic heterocycles. The molecule has 0 radical (unpaired) electrons. The molecule has 2 aromatic rings. The lowest BCUT2D eigenvalue weighted by Crippen LogP contribution is -2.08. The summed E-state index contributed by atoms with van der Waals surface area (Å²) in [6, 6.07) is 13.0. The summed E-state index contributed by atoms with van der Waals surface area (Å²) in [5.74, 6) is 1.06. The average molecular weight is 430 g/mol. The summed E-state index contributed by atoms with van der Waals surface area (Å²) < 4.78 is 17.6. The molecule has 140 valence electrons. The second-order valence-electron chi connectivity index (χ2n) is 6.13. The molecule has 5 nitrogen and oxygen atoms in total. The minimum absolute atomic E-state index is 0.00699. The molecular weight excluding hydrogens is 410 g/mol. The minimum Gasteiger partial charge on any atom is -0.490 e. The lowest BCUT2D eigenvalue weighted by molar-refractivity contribution is -0.129. The Balaban J connectivity index is 1.96. The van der Waals surface area contributed by atoms with Crippen molar-refractivity contribution >= 4 is 33.9 Å². The van der Waals surface area contributed by atoms with Crippen molar-refractivity contribution in [1.82, 2.24) is 0 Å². The Morgan fingerprint density at radius 3 is 2.63 bits per heavy atom. The van der Waals surface area contributed by atoms with Crippen LogP contribution < -0.4 is 9.47 Å². The number of halogens is 1. The second-order valence-corrected chi connectivity index (χ2v) is 6.99. The molecule has 0 atom stereocenters. The summed E-state index contributed by atoms with van der Waals surface area (Å²) in [5, 5.41) is 0. The van der Waals surface area contributed by atoms with E-state index in [2.05, 4.69) is 20.9 Å². The molecule has 0 unspecified atom stereocenters. The maximum atomic E-state index is 12.2. The Hall–Kier alpha value is -2.60. The number of carbonyl (C=O) groups is 1. The zero-order valence-corrected chi connectivity index (χ0v) is 16.9. The third-order valence-corrected chi connectivity index (χ3v) is 4.22. The smallest absolute Gasteiger partial charge is 0.363 e. The number of nitrogens with zero attached hydrogens (tertiary/aromatic N) is 1. The largest absolute Gasteiger partial charge is 0.490 e. The number of cyclic esters (lactones) is 1. The molecule has 2 aromatic carbocycles. The van der Waals surface area contributed by atoms with Crippen LogP contribution in [0.3, 0.4) is 0 Å². The molecule has 0 N–H and O–H groups in total. The van der Waals surface area contributed by atoms with Gasteiger partial charge in [-0.05, 0) is 72.6 Å². The Kier molecular flexibility index (Phi) is 5.96. The standard InChI is InChI=1S/C21H20BrNO4/c1-4-25-18-12-14(10-16(22)19(18)26-13(2)3)11-17-21(24)27-20(23-17)15-8-6-5-7-9-15/h5-13H,4H2,1-3H3/b17-11-. The van der Waals surface area contributed by atoms with Crippen molar-refractivity contribution in [2.24, 2.45) is 4.99 Å². The molecule has 1 heterocycles. The first-order valence-electron chi connectivity index (χ1n) is 8.69. The van der Waals surface area contributed by atoms with Crippen molar-refractivity contribution in [3.63, 3.8) is 0 Å². The zero-order valence-electron chi connectivity index (χ0n) is 15.4. The lowest BCUT2D eigenvalue weighted by atomic mass is 10.1. The van der Waals surface area contributed by atoms with Gasteiger partial charge in [-0.2, -0.15) is 0 Å². The van der Waals surface area contributed by atoms with Gasteiger partial charge in [0, 0.05) is 5.56 Å². The van der Waals surface area contributed by atoms with Gasteiger partial charge in [0.2, 0.25) is 5.90 Å². The number of benzene rings is 2. The summed E-state index contributed by atoms with van der Waals surface area (Å²) in [6.07, 6.45) is 1.68. The van der Waals surface area contributed by atoms with Gasteiger partial charge in [-0.15, -0.1) is 0 Å². The molecule has 0 bridgehead atoms. The number of aliphatic imine (C=N–C) groups is 1. The van der Waals surface area contributed by atoms with Crippen molar-refractivity contribution in [3.05, 3.63) is 63.8 Å². The fourth-order valence-electron chi connectivity index (χ4n) is 2.56. The Morgan fingerprint density at radius 2 is 1.96 bits per heavy atom. The van der Waals surface area contributed by atoms with Crippen LogP contribution in [0.15, 0.2) is 57.6 Å². The van der Waals surface area contributed by atoms with E-state index in [-0.39, 0.29) is 11.8 Å². The van der Waals surface area contributed by atoms with Crippen molar-refractivity contribution < 1.29 is 19.0 Å². The highest BCUT2D eigenvalue weighted by Gasteiger charge is 2.24. The van der Waals surface area contributed by atoms with Crippen molar-refractivity contribution in [3.8, 4) is 11.5 Å². The number of rotatable bonds is 6. The molecule has 0 saturated heterocycles. The van der Waals surface area contributed by atoms with Crippen LogP contribution >= 0.6 is 15.9 Å². The van der Waals surface area contributed by atoms with E-state index in [4.69, 9.17) is 14.2 Å². The van der Waals surface area contributed by atoms with Crippen LogP contribution in [0.1, 0.15) is 31.9 Å². The average Bonchev–Trinajstić information content (AvgIpc) is 2.99. The predicted molar refractivity (Wildman–Crippen MR) is 108 cm³/mol. The highest BCUT2D eigenvalue weighted by Crippen LogP contribution is 2.38. The SMILES string of the molecule is CCOc1cc(/C=C2\N=C(c3ccccc3)OC2=O)cc(Br)c1OC(C)C. The highest BCUT2D eigenvalue weighted by atomic mass is 79.9. The molecule has 3 rings (SSSR count). The molecule has 6 heteroatoms. The van der Waals surface area contributed by atoms with E-state index in [0.29, 0.717) is 24.0 Å². The van der Waals surface area contributed by atoms with E-state index in [1.54, 1.807) is 6.08 Å². The van der Waals surface area contributed by atoms with E-state index in [9.17, 15) is 4.79 Å². The molecular formula is C21H20BrNO4. The highest BCUT2D eigenvalue weighted by molar-refractivity contribution is 9.10. The predicted octanol–water partition coefficient (Wildman–Crippen LogP) is 4.98. The van der Waals surface area contributed by atoms with Gasteiger partial charge < -0.3 is 14.2 Å². The van der Waals surface area contributed by atoms with Crippen molar-refractivity contribution in [1.29, 1.82) is 0 Å². The van der Waals surface area contributed by atoms with Gasteiger partial charge in [-0.3, -0.25) is 0 Å². The van der Waals surface area contributed by atoms with E-state index in [0.717, 1.165) is 15.6 Å². The van der Waals surface area contributed by atoms with Gasteiger partial charge in [-0.1, -0.05) is 18.2 Å². The Morgan fingerprint density at radius 1 is 1.22 bits per heavy atom. The van der Waals surface area contributed by atoms with Gasteiger partial charge in [-0.25, -0.2) is 9.79 Å². The van der Waals surface area contributed by atoms with Crippen molar-refractivity contribution in [2.45, 2.75) is 26.9 Å². The first kappa shape index (κ1) is 19.2. The first-order valence-corrected chi connectivity index (χ1v) is 9.48. The van der Waals surface area contributed by atoms with Gasteiger partial charge in [0.15, 0.2) is 17.2 Å². The van der Waals surface area contributed by atoms with Gasteiger partial charge >= 0.3 is 5.97 Å². The zero-order chi connectivity index (χ0) is 19.4. The topological polar surface area (TPSA) is 57.1 Å². The minimum atomic E-state index is -0.481. The number of ether oxygens (including phenoxy) is 3. The molecule has 0 aromatic heterocycles. The third kappa shape index (κ3) is 4.57. The summed E-state index contributed by atoms with van der Waals surface area (Å²) >= 11 is 3.52. The summed E-state index contributed by atoms with van der Waals surface area (Å²) in [7, 11) is 0. The van der Waals surface area contributed by atoms with E-state index >= 15 is 0 Å². The van der Waals surface area contributed by atoms with Crippen LogP contribution in [0.25, 0.3) is 6.08 Å². The normalized spacial score (nSPS) is 15.1. The molecule has 0 amide bonds. The third-order valence-electron chi connectivity index (χ3n) is 3.63. The Labute approximate surface area is 166 Å². The lowest BCUT2D eigenvalue weighted by Gasteiger charge is -2.16. The number of hydrogen-bond donors (Lipinski definition) is 0. The quantitative estimate of drug-likeness (QED) is 0.479. The van der Waals surface area contributed by atoms with Gasteiger partial charge in [0.05, 0.1) is 17.2 Å². The molecule has 0 fully saturated rings. The monoisotopic (exact) mass is 429 g/mol. The summed E-state index contributed by atoms with van der Waals surface area (Å²) in [6.45, 7) is 6.31. The maximum Gasteiger partial charge on any atom is 0.363 e. The maximum absolute atomic E-state index is 12.2. The van der Waals surface area contributed by atoms with Crippen LogP contribution in [-0.2, 0) is 9.53 Å². The molecule has 0 aliphatic carbocycles. The summed E-state index contributed by atoms with van der Waals surface area (Å²) in [4.78, 5) is 16.5. The van der Waals surface area contributed by atoms with Crippen LogP contribution in [0, 0.1) is 0 Å². The number of hydrogen-bond acceptors (Lipinski definition) is 5. The molecule has 0 spiro atoms.